The van der Waals surface area contributed by atoms with Gasteiger partial charge < -0.3 is 14.2 Å². The molecule has 6 heteroatoms. The largest absolute Gasteiger partial charge is 0.462 e. The van der Waals surface area contributed by atoms with Gasteiger partial charge in [0.05, 0.1) is 0 Å². The molecule has 0 N–H and O–H groups in total. The minimum atomic E-state index is -0.802. The SMILES string of the molecule is CC/C=C\C/C=C\C/C=C\C/C=C\C/C=C\C/C=C\CCCCCCC(=O)OC(COC(=O)CCCCCCC/C=C\C/C=C\CCC)COC(=O)CCCCCCCCCCCCCCCCC/C=C\C/C=C\CCCCCCC. The third kappa shape index (κ3) is 66.5. The van der Waals surface area contributed by atoms with Crippen molar-refractivity contribution in [1.82, 2.24) is 0 Å². The lowest BCUT2D eigenvalue weighted by molar-refractivity contribution is -0.167. The van der Waals surface area contributed by atoms with Crippen molar-refractivity contribution in [3.63, 3.8) is 0 Å². The number of unbranched alkanes of at least 4 members (excludes halogenated alkanes) is 30. The number of allylic oxidation sites excluding steroid dienone is 20. The summed E-state index contributed by atoms with van der Waals surface area (Å²) in [6.45, 7) is 6.44. The zero-order chi connectivity index (χ0) is 58.5. The van der Waals surface area contributed by atoms with Crippen LogP contribution in [0.2, 0.25) is 0 Å². The first-order valence-electron chi connectivity index (χ1n) is 34.0. The van der Waals surface area contributed by atoms with Gasteiger partial charge in [-0.25, -0.2) is 0 Å². The summed E-state index contributed by atoms with van der Waals surface area (Å²) < 4.78 is 16.9. The van der Waals surface area contributed by atoms with Crippen molar-refractivity contribution in [3.8, 4) is 0 Å². The quantitative estimate of drug-likeness (QED) is 0.0261. The van der Waals surface area contributed by atoms with Crippen LogP contribution in [0.25, 0.3) is 0 Å². The van der Waals surface area contributed by atoms with Gasteiger partial charge in [0.2, 0.25) is 0 Å². The van der Waals surface area contributed by atoms with Gasteiger partial charge in [0, 0.05) is 19.3 Å². The van der Waals surface area contributed by atoms with Crippen LogP contribution in [0.3, 0.4) is 0 Å². The van der Waals surface area contributed by atoms with Crippen LogP contribution in [0.15, 0.2) is 122 Å². The molecule has 462 valence electrons. The first-order chi connectivity index (χ1) is 40.0. The number of carbonyl (C=O) groups excluding carboxylic acids is 3. The highest BCUT2D eigenvalue weighted by Gasteiger charge is 2.19. The van der Waals surface area contributed by atoms with Crippen LogP contribution in [-0.4, -0.2) is 37.2 Å². The lowest BCUT2D eigenvalue weighted by Gasteiger charge is -2.18. The molecule has 0 aromatic heterocycles. The maximum absolute atomic E-state index is 12.9. The smallest absolute Gasteiger partial charge is 0.306 e. The van der Waals surface area contributed by atoms with Gasteiger partial charge in [-0.15, -0.1) is 0 Å². The number of esters is 3. The van der Waals surface area contributed by atoms with E-state index in [-0.39, 0.29) is 31.1 Å². The van der Waals surface area contributed by atoms with E-state index < -0.39 is 6.10 Å². The lowest BCUT2D eigenvalue weighted by atomic mass is 10.0. The van der Waals surface area contributed by atoms with Gasteiger partial charge in [-0.3, -0.25) is 14.4 Å². The average molecular weight is 1120 g/mol. The molecular formula is C75H126O6. The molecular weight excluding hydrogens is 997 g/mol. The molecule has 0 aliphatic heterocycles. The molecule has 81 heavy (non-hydrogen) atoms. The van der Waals surface area contributed by atoms with Crippen LogP contribution >= 0.6 is 0 Å². The van der Waals surface area contributed by atoms with Crippen LogP contribution in [0.5, 0.6) is 0 Å². The van der Waals surface area contributed by atoms with Crippen molar-refractivity contribution >= 4 is 17.9 Å². The Bertz CT molecular complexity index is 1670. The minimum Gasteiger partial charge on any atom is -0.462 e. The Balaban J connectivity index is 4.34. The molecule has 0 aliphatic rings. The molecule has 0 aromatic carbocycles. The average Bonchev–Trinajstić information content (AvgIpc) is 3.46. The summed E-state index contributed by atoms with van der Waals surface area (Å²) >= 11 is 0. The van der Waals surface area contributed by atoms with E-state index in [9.17, 15) is 14.4 Å². The summed E-state index contributed by atoms with van der Waals surface area (Å²) in [4.78, 5) is 38.4. The predicted octanol–water partition coefficient (Wildman–Crippen LogP) is 23.6. The molecule has 0 bridgehead atoms. The molecule has 1 atom stereocenters. The van der Waals surface area contributed by atoms with Crippen molar-refractivity contribution in [1.29, 1.82) is 0 Å². The third-order valence-corrected chi connectivity index (χ3v) is 14.4. The number of hydrogen-bond acceptors (Lipinski definition) is 6. The van der Waals surface area contributed by atoms with Crippen molar-refractivity contribution in [2.24, 2.45) is 0 Å². The molecule has 0 rings (SSSR count). The molecule has 0 aliphatic carbocycles. The van der Waals surface area contributed by atoms with Crippen LogP contribution in [0.4, 0.5) is 0 Å². The molecule has 0 saturated carbocycles. The van der Waals surface area contributed by atoms with Gasteiger partial charge in [-0.1, -0.05) is 290 Å². The first kappa shape index (κ1) is 76.8. The summed E-state index contributed by atoms with van der Waals surface area (Å²) in [6, 6.07) is 0. The molecule has 0 saturated heterocycles. The minimum absolute atomic E-state index is 0.0943. The fourth-order valence-electron chi connectivity index (χ4n) is 9.34. The monoisotopic (exact) mass is 1120 g/mol. The summed E-state index contributed by atoms with van der Waals surface area (Å²) in [6.07, 6.45) is 95.0. The second-order valence-corrected chi connectivity index (χ2v) is 22.3. The Kier molecular flexibility index (Phi) is 64.8. The third-order valence-electron chi connectivity index (χ3n) is 14.4. The Morgan fingerprint density at radius 1 is 0.259 bits per heavy atom. The van der Waals surface area contributed by atoms with Gasteiger partial charge in [0.15, 0.2) is 6.10 Å². The second-order valence-electron chi connectivity index (χ2n) is 22.3. The van der Waals surface area contributed by atoms with Crippen LogP contribution in [0, 0.1) is 0 Å². The number of rotatable bonds is 61. The van der Waals surface area contributed by atoms with E-state index in [1.54, 1.807) is 0 Å². The molecule has 0 radical (unpaired) electrons. The van der Waals surface area contributed by atoms with Crippen molar-refractivity contribution in [2.45, 2.75) is 322 Å². The maximum atomic E-state index is 12.9. The molecule has 0 spiro atoms. The molecule has 1 unspecified atom stereocenters. The molecule has 0 aromatic rings. The van der Waals surface area contributed by atoms with Gasteiger partial charge in [0.25, 0.3) is 0 Å². The van der Waals surface area contributed by atoms with Crippen LogP contribution in [0.1, 0.15) is 316 Å². The van der Waals surface area contributed by atoms with E-state index >= 15 is 0 Å². The number of ether oxygens (including phenoxy) is 3. The summed E-state index contributed by atoms with van der Waals surface area (Å²) in [5.74, 6) is -0.927. The van der Waals surface area contributed by atoms with Gasteiger partial charge in [-0.05, 0) is 128 Å². The topological polar surface area (TPSA) is 78.9 Å². The molecule has 0 fully saturated rings. The summed E-state index contributed by atoms with van der Waals surface area (Å²) in [5, 5.41) is 0. The second kappa shape index (κ2) is 68.3. The Labute approximate surface area is 501 Å². The molecule has 0 amide bonds. The molecule has 0 heterocycles. The van der Waals surface area contributed by atoms with Gasteiger partial charge >= 0.3 is 17.9 Å². The predicted molar refractivity (Wildman–Crippen MR) is 353 cm³/mol. The Morgan fingerprint density at radius 2 is 0.506 bits per heavy atom. The van der Waals surface area contributed by atoms with E-state index in [0.29, 0.717) is 19.3 Å². The Morgan fingerprint density at radius 3 is 0.802 bits per heavy atom. The fourth-order valence-corrected chi connectivity index (χ4v) is 9.34. The van der Waals surface area contributed by atoms with Gasteiger partial charge in [-0.2, -0.15) is 0 Å². The standard InChI is InChI=1S/C75H126O6/c1-4-7-10-13-16-19-22-25-27-29-31-33-35-36-37-38-40-41-43-45-47-50-53-56-59-62-65-68-74(77)80-71-72(70-79-73(76)67-64-61-58-55-52-49-24-21-18-15-12-9-6-3)81-75(78)69-66-63-60-57-54-51-48-46-44-42-39-34-32-30-28-26-23-20-17-14-11-8-5-2/h8,11-12,15,17,20-22,24-26,28-29,31-32,34,42,44,48,51,72H,4-7,9-10,13-14,16,18-19,23,27,30,33,35-41,43,45-47,49-50,52-71H2,1-3H3/b11-8-,15-12-,20-17-,24-21-,25-22-,28-26-,31-29-,34-32-,44-42-,51-48-. The lowest BCUT2D eigenvalue weighted by Crippen LogP contribution is -2.30. The van der Waals surface area contributed by atoms with Gasteiger partial charge in [0.1, 0.15) is 13.2 Å². The van der Waals surface area contributed by atoms with Crippen molar-refractivity contribution in [3.05, 3.63) is 122 Å². The zero-order valence-corrected chi connectivity index (χ0v) is 53.0. The van der Waals surface area contributed by atoms with E-state index in [0.717, 1.165) is 148 Å². The highest BCUT2D eigenvalue weighted by molar-refractivity contribution is 5.71. The van der Waals surface area contributed by atoms with E-state index in [2.05, 4.69) is 142 Å². The highest BCUT2D eigenvalue weighted by atomic mass is 16.6. The van der Waals surface area contributed by atoms with Crippen LogP contribution in [-0.2, 0) is 28.6 Å². The number of carbonyl (C=O) groups is 3. The van der Waals surface area contributed by atoms with Crippen LogP contribution < -0.4 is 0 Å². The Hall–Kier alpha value is -4.19. The first-order valence-corrected chi connectivity index (χ1v) is 34.0. The van der Waals surface area contributed by atoms with Crippen molar-refractivity contribution in [2.75, 3.05) is 13.2 Å². The van der Waals surface area contributed by atoms with E-state index in [1.165, 1.54) is 128 Å². The maximum Gasteiger partial charge on any atom is 0.306 e. The van der Waals surface area contributed by atoms with E-state index in [1.807, 2.05) is 0 Å². The summed E-state index contributed by atoms with van der Waals surface area (Å²) in [7, 11) is 0. The normalized spacial score (nSPS) is 12.9. The number of hydrogen-bond donors (Lipinski definition) is 0. The molecule has 6 nitrogen and oxygen atoms in total. The van der Waals surface area contributed by atoms with E-state index in [4.69, 9.17) is 14.2 Å². The summed E-state index contributed by atoms with van der Waals surface area (Å²) in [5.41, 5.74) is 0. The fraction of sp³-hybridized carbons (Fsp3) is 0.693. The van der Waals surface area contributed by atoms with Crippen molar-refractivity contribution < 1.29 is 28.6 Å². The highest BCUT2D eigenvalue weighted by Crippen LogP contribution is 2.16. The zero-order valence-electron chi connectivity index (χ0n) is 53.0.